The van der Waals surface area contributed by atoms with Gasteiger partial charge in [0.15, 0.2) is 0 Å². The summed E-state index contributed by atoms with van der Waals surface area (Å²) in [5, 5.41) is 18.8. The first kappa shape index (κ1) is 13.4. The standard InChI is InChI=1S/C8H14N2O5/c9-5(7(12)13)3-1-2-4-10-6(11)8(14)15/h5H,1-4,9H2,(H,10,11)(H,12,13)(H,14,15). The highest BCUT2D eigenvalue weighted by Crippen LogP contribution is 1.97. The minimum Gasteiger partial charge on any atom is -0.480 e. The summed E-state index contributed by atoms with van der Waals surface area (Å²) >= 11 is 0. The van der Waals surface area contributed by atoms with Crippen LogP contribution in [0.2, 0.25) is 0 Å². The average molecular weight is 218 g/mol. The van der Waals surface area contributed by atoms with E-state index in [1.807, 2.05) is 0 Å². The quantitative estimate of drug-likeness (QED) is 0.326. The maximum Gasteiger partial charge on any atom is 0.394 e. The molecular formula is C8H14N2O5. The zero-order chi connectivity index (χ0) is 11.8. The molecule has 86 valence electrons. The summed E-state index contributed by atoms with van der Waals surface area (Å²) in [6, 6.07) is -0.903. The van der Waals surface area contributed by atoms with E-state index in [0.717, 1.165) is 0 Å². The number of nitrogens with two attached hydrogens (primary N) is 1. The SMILES string of the molecule is NC(CCCCNC(=O)C(=O)O)C(=O)O. The Morgan fingerprint density at radius 1 is 1.20 bits per heavy atom. The molecule has 15 heavy (non-hydrogen) atoms. The number of aliphatic carboxylic acids is 2. The number of hydrogen-bond donors (Lipinski definition) is 4. The van der Waals surface area contributed by atoms with Gasteiger partial charge in [0.25, 0.3) is 0 Å². The number of carbonyl (C=O) groups excluding carboxylic acids is 1. The van der Waals surface area contributed by atoms with Crippen molar-refractivity contribution in [3.05, 3.63) is 0 Å². The van der Waals surface area contributed by atoms with E-state index < -0.39 is 23.9 Å². The van der Waals surface area contributed by atoms with Gasteiger partial charge in [-0.2, -0.15) is 0 Å². The first-order valence-corrected chi connectivity index (χ1v) is 4.44. The van der Waals surface area contributed by atoms with Crippen LogP contribution >= 0.6 is 0 Å². The molecule has 0 spiro atoms. The molecule has 7 heteroatoms. The van der Waals surface area contributed by atoms with Crippen LogP contribution in [0.4, 0.5) is 0 Å². The predicted octanol–water partition coefficient (Wildman–Crippen LogP) is -1.23. The lowest BCUT2D eigenvalue weighted by Crippen LogP contribution is -2.32. The highest BCUT2D eigenvalue weighted by atomic mass is 16.4. The van der Waals surface area contributed by atoms with Crippen molar-refractivity contribution in [1.82, 2.24) is 5.32 Å². The maximum absolute atomic E-state index is 10.5. The largest absolute Gasteiger partial charge is 0.480 e. The second-order valence-electron chi connectivity index (χ2n) is 3.00. The van der Waals surface area contributed by atoms with Crippen molar-refractivity contribution in [1.29, 1.82) is 0 Å². The van der Waals surface area contributed by atoms with Crippen LogP contribution in [0.1, 0.15) is 19.3 Å². The van der Waals surface area contributed by atoms with Crippen molar-refractivity contribution in [2.75, 3.05) is 6.54 Å². The van der Waals surface area contributed by atoms with Crippen LogP contribution in [-0.4, -0.2) is 40.6 Å². The number of unbranched alkanes of at least 4 members (excludes halogenated alkanes) is 1. The molecule has 0 aromatic heterocycles. The molecular weight excluding hydrogens is 204 g/mol. The van der Waals surface area contributed by atoms with E-state index in [4.69, 9.17) is 15.9 Å². The molecule has 0 rings (SSSR count). The van der Waals surface area contributed by atoms with E-state index in [-0.39, 0.29) is 6.54 Å². The highest BCUT2D eigenvalue weighted by Gasteiger charge is 2.11. The summed E-state index contributed by atoms with van der Waals surface area (Å²) in [5.41, 5.74) is 5.23. The second kappa shape index (κ2) is 6.77. The smallest absolute Gasteiger partial charge is 0.394 e. The summed E-state index contributed by atoms with van der Waals surface area (Å²) in [6.07, 6.45) is 1.33. The van der Waals surface area contributed by atoms with Gasteiger partial charge in [-0.1, -0.05) is 0 Å². The van der Waals surface area contributed by atoms with Gasteiger partial charge >= 0.3 is 17.8 Å². The summed E-state index contributed by atoms with van der Waals surface area (Å²) in [6.45, 7) is 0.206. The molecule has 0 aromatic rings. The van der Waals surface area contributed by atoms with Crippen LogP contribution in [0.3, 0.4) is 0 Å². The Hall–Kier alpha value is -1.63. The van der Waals surface area contributed by atoms with E-state index in [9.17, 15) is 14.4 Å². The monoisotopic (exact) mass is 218 g/mol. The Bertz CT molecular complexity index is 253. The molecule has 0 saturated carbocycles. The van der Waals surface area contributed by atoms with Gasteiger partial charge in [0.2, 0.25) is 0 Å². The average Bonchev–Trinajstić information content (AvgIpc) is 2.16. The van der Waals surface area contributed by atoms with Gasteiger partial charge in [-0.15, -0.1) is 0 Å². The molecule has 0 radical (unpaired) electrons. The van der Waals surface area contributed by atoms with Gasteiger partial charge in [-0.05, 0) is 19.3 Å². The van der Waals surface area contributed by atoms with Gasteiger partial charge in [0, 0.05) is 6.54 Å². The topological polar surface area (TPSA) is 130 Å². The highest BCUT2D eigenvalue weighted by molar-refractivity contribution is 6.31. The second-order valence-corrected chi connectivity index (χ2v) is 3.00. The molecule has 0 saturated heterocycles. The van der Waals surface area contributed by atoms with Crippen LogP contribution in [0, 0.1) is 0 Å². The van der Waals surface area contributed by atoms with Crippen LogP contribution in [0.5, 0.6) is 0 Å². The molecule has 5 N–H and O–H groups in total. The molecule has 1 amide bonds. The van der Waals surface area contributed by atoms with E-state index in [2.05, 4.69) is 5.32 Å². The molecule has 0 aliphatic rings. The molecule has 0 fully saturated rings. The number of hydrogen-bond acceptors (Lipinski definition) is 4. The maximum atomic E-state index is 10.5. The van der Waals surface area contributed by atoms with E-state index in [1.165, 1.54) is 0 Å². The minimum absolute atomic E-state index is 0.206. The van der Waals surface area contributed by atoms with Crippen molar-refractivity contribution < 1.29 is 24.6 Å². The lowest BCUT2D eigenvalue weighted by molar-refractivity contribution is -0.150. The van der Waals surface area contributed by atoms with Gasteiger partial charge < -0.3 is 21.3 Å². The zero-order valence-electron chi connectivity index (χ0n) is 8.10. The molecule has 7 nitrogen and oxygen atoms in total. The third kappa shape index (κ3) is 6.44. The summed E-state index contributed by atoms with van der Waals surface area (Å²) in [4.78, 5) is 30.9. The number of amides is 1. The van der Waals surface area contributed by atoms with Crippen LogP contribution < -0.4 is 11.1 Å². The fourth-order valence-electron chi connectivity index (χ4n) is 0.890. The number of rotatable bonds is 6. The van der Waals surface area contributed by atoms with Crippen molar-refractivity contribution in [3.63, 3.8) is 0 Å². The molecule has 0 aliphatic carbocycles. The van der Waals surface area contributed by atoms with Gasteiger partial charge in [0.1, 0.15) is 6.04 Å². The van der Waals surface area contributed by atoms with E-state index in [0.29, 0.717) is 19.3 Å². The molecule has 0 aromatic carbocycles. The zero-order valence-corrected chi connectivity index (χ0v) is 8.10. The predicted molar refractivity (Wildman–Crippen MR) is 50.1 cm³/mol. The van der Waals surface area contributed by atoms with Gasteiger partial charge in [-0.3, -0.25) is 9.59 Å². The van der Waals surface area contributed by atoms with E-state index in [1.54, 1.807) is 0 Å². The molecule has 1 unspecified atom stereocenters. The number of carboxylic acids is 2. The molecule has 0 aliphatic heterocycles. The number of carbonyl (C=O) groups is 3. The number of nitrogens with one attached hydrogen (secondary N) is 1. The Morgan fingerprint density at radius 3 is 2.27 bits per heavy atom. The van der Waals surface area contributed by atoms with Crippen molar-refractivity contribution in [3.8, 4) is 0 Å². The first-order chi connectivity index (χ1) is 6.95. The fraction of sp³-hybridized carbons (Fsp3) is 0.625. The Balaban J connectivity index is 3.44. The minimum atomic E-state index is -1.53. The summed E-state index contributed by atoms with van der Waals surface area (Å²) in [5.74, 6) is -3.65. The summed E-state index contributed by atoms with van der Waals surface area (Å²) < 4.78 is 0. The molecule has 0 bridgehead atoms. The van der Waals surface area contributed by atoms with Crippen LogP contribution in [0.25, 0.3) is 0 Å². The van der Waals surface area contributed by atoms with Gasteiger partial charge in [-0.25, -0.2) is 4.79 Å². The molecule has 0 heterocycles. The van der Waals surface area contributed by atoms with Gasteiger partial charge in [0.05, 0.1) is 0 Å². The van der Waals surface area contributed by atoms with Crippen LogP contribution in [-0.2, 0) is 14.4 Å². The normalized spacial score (nSPS) is 11.8. The van der Waals surface area contributed by atoms with Crippen molar-refractivity contribution in [2.24, 2.45) is 5.73 Å². The summed E-state index contributed by atoms with van der Waals surface area (Å²) in [7, 11) is 0. The number of carboxylic acid groups (broad SMARTS) is 2. The lowest BCUT2D eigenvalue weighted by Gasteiger charge is -2.05. The third-order valence-electron chi connectivity index (χ3n) is 1.74. The third-order valence-corrected chi connectivity index (χ3v) is 1.74. The fourth-order valence-corrected chi connectivity index (χ4v) is 0.890. The Morgan fingerprint density at radius 2 is 1.80 bits per heavy atom. The van der Waals surface area contributed by atoms with E-state index >= 15 is 0 Å². The Kier molecular flexibility index (Phi) is 6.03. The molecule has 1 atom stereocenters. The lowest BCUT2D eigenvalue weighted by atomic mass is 10.1. The Labute approximate surface area is 86.3 Å². The van der Waals surface area contributed by atoms with Crippen LogP contribution in [0.15, 0.2) is 0 Å². The first-order valence-electron chi connectivity index (χ1n) is 4.44. The van der Waals surface area contributed by atoms with Crippen molar-refractivity contribution >= 4 is 17.8 Å². The van der Waals surface area contributed by atoms with Crippen molar-refractivity contribution in [2.45, 2.75) is 25.3 Å².